The molecule has 0 aliphatic carbocycles. The molecule has 4 aromatic rings. The van der Waals surface area contributed by atoms with E-state index in [2.05, 4.69) is 39.1 Å². The monoisotopic (exact) mass is 538 g/mol. The maximum Gasteiger partial charge on any atom is 0.353 e. The molecular weight excluding hydrogens is 508 g/mol. The molecule has 0 saturated carbocycles. The third kappa shape index (κ3) is 5.34. The Morgan fingerprint density at radius 3 is 2.05 bits per heavy atom. The summed E-state index contributed by atoms with van der Waals surface area (Å²) in [6.45, 7) is 2.48. The summed E-state index contributed by atoms with van der Waals surface area (Å²) in [5.74, 6) is -0.185. The van der Waals surface area contributed by atoms with Crippen LogP contribution in [-0.4, -0.2) is 66.1 Å². The molecule has 0 atom stereocenters. The van der Waals surface area contributed by atoms with Gasteiger partial charge in [-0.2, -0.15) is 0 Å². The van der Waals surface area contributed by atoms with Gasteiger partial charge in [0.25, 0.3) is 0 Å². The van der Waals surface area contributed by atoms with Crippen LogP contribution in [-0.2, 0) is 4.74 Å². The number of aromatic nitrogens is 2. The quantitative estimate of drug-likeness (QED) is 0.177. The molecule has 0 N–H and O–H groups in total. The van der Waals surface area contributed by atoms with E-state index >= 15 is 0 Å². The van der Waals surface area contributed by atoms with E-state index in [1.807, 2.05) is 41.3 Å². The van der Waals surface area contributed by atoms with Crippen molar-refractivity contribution in [3.63, 3.8) is 0 Å². The summed E-state index contributed by atoms with van der Waals surface area (Å²) < 4.78 is 4.91. The molecule has 1 fully saturated rings. The number of hydrogen-bond acceptors (Lipinski definition) is 9. The molecule has 204 valence electrons. The molecule has 1 aliphatic heterocycles. The van der Waals surface area contributed by atoms with Crippen LogP contribution in [0, 0.1) is 10.1 Å². The predicted octanol–water partition coefficient (Wildman–Crippen LogP) is 4.85. The summed E-state index contributed by atoms with van der Waals surface area (Å²) in [7, 11) is 2.94. The minimum Gasteiger partial charge on any atom is -0.465 e. The summed E-state index contributed by atoms with van der Waals surface area (Å²) in [5, 5.41) is 12.4. The molecule has 40 heavy (non-hydrogen) atoms. The Balaban J connectivity index is 1.44. The van der Waals surface area contributed by atoms with Crippen molar-refractivity contribution in [3.05, 3.63) is 118 Å². The van der Waals surface area contributed by atoms with Crippen LogP contribution in [0.3, 0.4) is 0 Å². The number of para-hydroxylation sites is 1. The van der Waals surface area contributed by atoms with Crippen molar-refractivity contribution < 1.29 is 14.5 Å². The molecule has 0 bridgehead atoms. The second-order valence-electron chi connectivity index (χ2n) is 9.44. The van der Waals surface area contributed by atoms with E-state index in [0.29, 0.717) is 31.9 Å². The molecule has 0 spiro atoms. The Bertz CT molecular complexity index is 1440. The number of nitro groups is 1. The number of piperazine rings is 1. The van der Waals surface area contributed by atoms with Crippen LogP contribution in [0.1, 0.15) is 27.5 Å². The molecule has 5 rings (SSSR count). The van der Waals surface area contributed by atoms with Crippen molar-refractivity contribution >= 4 is 29.0 Å². The lowest BCUT2D eigenvalue weighted by atomic mass is 9.96. The third-order valence-electron chi connectivity index (χ3n) is 7.16. The largest absolute Gasteiger partial charge is 0.465 e. The highest BCUT2D eigenvalue weighted by Gasteiger charge is 2.33. The first-order chi connectivity index (χ1) is 19.5. The summed E-state index contributed by atoms with van der Waals surface area (Å²) >= 11 is 0. The lowest BCUT2D eigenvalue weighted by Crippen LogP contribution is -2.48. The normalized spacial score (nSPS) is 13.7. The summed E-state index contributed by atoms with van der Waals surface area (Å²) in [5.41, 5.74) is 2.91. The number of hydrogen-bond donors (Lipinski definition) is 0. The highest BCUT2D eigenvalue weighted by molar-refractivity contribution is 5.97. The van der Waals surface area contributed by atoms with Gasteiger partial charge >= 0.3 is 11.7 Å². The van der Waals surface area contributed by atoms with E-state index in [9.17, 15) is 14.9 Å². The average Bonchev–Trinajstić information content (AvgIpc) is 3.01. The minimum atomic E-state index is -0.540. The zero-order valence-corrected chi connectivity index (χ0v) is 22.4. The van der Waals surface area contributed by atoms with Crippen molar-refractivity contribution in [1.82, 2.24) is 14.9 Å². The molecule has 10 nitrogen and oxygen atoms in total. The first-order valence-corrected chi connectivity index (χ1v) is 13.0. The molecule has 2 heterocycles. The maximum atomic E-state index is 12.4. The van der Waals surface area contributed by atoms with E-state index in [0.717, 1.165) is 0 Å². The van der Waals surface area contributed by atoms with Gasteiger partial charge in [0.05, 0.1) is 29.3 Å². The first-order valence-electron chi connectivity index (χ1n) is 13.0. The molecule has 10 heteroatoms. The number of carbonyl (C=O) groups excluding carboxylic acids is 1. The molecule has 1 aliphatic rings. The van der Waals surface area contributed by atoms with Gasteiger partial charge in [0.2, 0.25) is 11.6 Å². The summed E-state index contributed by atoms with van der Waals surface area (Å²) in [6, 6.07) is 27.6. The Hall–Kier alpha value is -4.83. The lowest BCUT2D eigenvalue weighted by molar-refractivity contribution is -0.383. The second-order valence-corrected chi connectivity index (χ2v) is 9.44. The van der Waals surface area contributed by atoms with Gasteiger partial charge in [0.15, 0.2) is 0 Å². The summed E-state index contributed by atoms with van der Waals surface area (Å²) in [6.07, 6.45) is 1.33. The molecule has 0 radical (unpaired) electrons. The van der Waals surface area contributed by atoms with Crippen LogP contribution in [0.25, 0.3) is 0 Å². The van der Waals surface area contributed by atoms with Gasteiger partial charge in [-0.05, 0) is 23.3 Å². The highest BCUT2D eigenvalue weighted by atomic mass is 16.6. The topological polar surface area (TPSA) is 105 Å². The zero-order chi connectivity index (χ0) is 28.1. The standard InChI is InChI=1S/C30H30N6O4/c1-33(25-16-10-9-15-24(25)30(37)40-2)28-27(36(38)39)29(32-21-31-28)35-19-17-34(18-20-35)26(22-11-5-3-6-12-22)23-13-7-4-8-14-23/h3-16,21,26H,17-20H2,1-2H3. The smallest absolute Gasteiger partial charge is 0.353 e. The van der Waals surface area contributed by atoms with Crippen molar-refractivity contribution in [2.75, 3.05) is 50.1 Å². The number of nitrogens with zero attached hydrogens (tertiary/aromatic N) is 6. The molecule has 3 aromatic carbocycles. The molecule has 1 saturated heterocycles. The van der Waals surface area contributed by atoms with Crippen LogP contribution >= 0.6 is 0 Å². The predicted molar refractivity (Wildman–Crippen MR) is 153 cm³/mol. The fraction of sp³-hybridized carbons (Fsp3) is 0.233. The van der Waals surface area contributed by atoms with Gasteiger partial charge in [-0.1, -0.05) is 72.8 Å². The highest BCUT2D eigenvalue weighted by Crippen LogP contribution is 2.39. The van der Waals surface area contributed by atoms with E-state index in [4.69, 9.17) is 4.74 Å². The zero-order valence-electron chi connectivity index (χ0n) is 22.4. The Labute approximate surface area is 232 Å². The van der Waals surface area contributed by atoms with Gasteiger partial charge < -0.3 is 14.5 Å². The third-order valence-corrected chi connectivity index (χ3v) is 7.16. The van der Waals surface area contributed by atoms with Crippen molar-refractivity contribution in [1.29, 1.82) is 0 Å². The Morgan fingerprint density at radius 2 is 1.48 bits per heavy atom. The number of ether oxygens (including phenoxy) is 1. The fourth-order valence-corrected chi connectivity index (χ4v) is 5.24. The van der Waals surface area contributed by atoms with E-state index in [1.54, 1.807) is 31.3 Å². The average molecular weight is 539 g/mol. The minimum absolute atomic E-state index is 0.0708. The number of anilines is 3. The number of esters is 1. The van der Waals surface area contributed by atoms with Crippen LogP contribution in [0.15, 0.2) is 91.3 Å². The SMILES string of the molecule is COC(=O)c1ccccc1N(C)c1ncnc(N2CCN(C(c3ccccc3)c3ccccc3)CC2)c1[N+](=O)[O-]. The van der Waals surface area contributed by atoms with Crippen LogP contribution < -0.4 is 9.80 Å². The number of carbonyl (C=O) groups is 1. The first kappa shape index (κ1) is 26.8. The van der Waals surface area contributed by atoms with Crippen LogP contribution in [0.5, 0.6) is 0 Å². The van der Waals surface area contributed by atoms with Gasteiger partial charge in [-0.25, -0.2) is 14.8 Å². The van der Waals surface area contributed by atoms with E-state index < -0.39 is 10.9 Å². The maximum absolute atomic E-state index is 12.4. The lowest BCUT2D eigenvalue weighted by Gasteiger charge is -2.40. The molecule has 0 amide bonds. The molecular formula is C30H30N6O4. The number of benzene rings is 3. The van der Waals surface area contributed by atoms with E-state index in [1.165, 1.54) is 29.5 Å². The fourth-order valence-electron chi connectivity index (χ4n) is 5.24. The van der Waals surface area contributed by atoms with E-state index in [-0.39, 0.29) is 28.9 Å². The van der Waals surface area contributed by atoms with Crippen molar-refractivity contribution in [2.45, 2.75) is 6.04 Å². The number of rotatable bonds is 8. The van der Waals surface area contributed by atoms with Crippen molar-refractivity contribution in [2.24, 2.45) is 0 Å². The number of methoxy groups -OCH3 is 1. The van der Waals surface area contributed by atoms with Crippen molar-refractivity contribution in [3.8, 4) is 0 Å². The Morgan fingerprint density at radius 1 is 0.900 bits per heavy atom. The van der Waals surface area contributed by atoms with Gasteiger partial charge in [-0.3, -0.25) is 15.0 Å². The summed E-state index contributed by atoms with van der Waals surface area (Å²) in [4.78, 5) is 38.8. The molecule has 1 aromatic heterocycles. The van der Waals surface area contributed by atoms with Crippen LogP contribution in [0.2, 0.25) is 0 Å². The van der Waals surface area contributed by atoms with Gasteiger partial charge in [0, 0.05) is 33.2 Å². The van der Waals surface area contributed by atoms with Crippen LogP contribution in [0.4, 0.5) is 23.0 Å². The van der Waals surface area contributed by atoms with Gasteiger partial charge in [0.1, 0.15) is 6.33 Å². The van der Waals surface area contributed by atoms with Gasteiger partial charge in [-0.15, -0.1) is 0 Å². The Kier molecular flexibility index (Phi) is 7.97. The molecule has 0 unspecified atom stereocenters. The second kappa shape index (κ2) is 11.9.